The molecule has 1 aromatic heterocycles. The molecule has 2 amide bonds. The molecule has 1 heterocycles. The molecule has 1 aromatic carbocycles. The minimum Gasteiger partial charge on any atom is -0.451 e. The number of amides is 2. The zero-order valence-corrected chi connectivity index (χ0v) is 17.4. The molecule has 31 heavy (non-hydrogen) atoms. The van der Waals surface area contributed by atoms with Crippen LogP contribution < -0.4 is 5.32 Å². The molecule has 1 saturated carbocycles. The third kappa shape index (κ3) is 4.84. The van der Waals surface area contributed by atoms with Gasteiger partial charge in [0, 0.05) is 17.2 Å². The third-order valence-electron chi connectivity index (χ3n) is 6.02. The number of esters is 1. The molecular weight excluding hydrogens is 401 g/mol. The van der Waals surface area contributed by atoms with Gasteiger partial charge in [0.2, 0.25) is 5.91 Å². The number of fused-ring (bicyclic) bond motifs is 1. The minimum absolute atomic E-state index is 0.146. The van der Waals surface area contributed by atoms with E-state index in [1.165, 1.54) is 12.1 Å². The lowest BCUT2D eigenvalue weighted by Gasteiger charge is -2.20. The fourth-order valence-corrected chi connectivity index (χ4v) is 4.40. The fourth-order valence-electron chi connectivity index (χ4n) is 4.40. The maximum Gasteiger partial charge on any atom is 0.359 e. The highest BCUT2D eigenvalue weighted by Crippen LogP contribution is 2.27. The first kappa shape index (κ1) is 21.2. The summed E-state index contributed by atoms with van der Waals surface area (Å²) < 4.78 is 20.1. The number of carbonyl (C=O) groups is 3. The molecule has 0 unspecified atom stereocenters. The Morgan fingerprint density at radius 2 is 1.74 bits per heavy atom. The molecule has 1 fully saturated rings. The van der Waals surface area contributed by atoms with Crippen LogP contribution in [-0.4, -0.2) is 34.2 Å². The van der Waals surface area contributed by atoms with Crippen LogP contribution in [0.1, 0.15) is 66.7 Å². The van der Waals surface area contributed by atoms with Crippen molar-refractivity contribution < 1.29 is 23.5 Å². The number of nitrogens with zero attached hydrogens (tertiary/aromatic N) is 2. The van der Waals surface area contributed by atoms with Crippen LogP contribution in [0.15, 0.2) is 24.3 Å². The van der Waals surface area contributed by atoms with Gasteiger partial charge in [0.1, 0.15) is 5.82 Å². The number of hydrogen-bond acceptors (Lipinski definition) is 5. The van der Waals surface area contributed by atoms with Crippen LogP contribution in [-0.2, 0) is 27.2 Å². The van der Waals surface area contributed by atoms with Gasteiger partial charge in [-0.25, -0.2) is 13.9 Å². The van der Waals surface area contributed by atoms with Crippen molar-refractivity contribution in [2.45, 2.75) is 57.8 Å². The zero-order chi connectivity index (χ0) is 21.8. The Labute approximate surface area is 180 Å². The normalized spacial score (nSPS) is 16.4. The lowest BCUT2D eigenvalue weighted by atomic mass is 9.89. The molecule has 2 aliphatic carbocycles. The molecule has 0 saturated heterocycles. The average molecular weight is 427 g/mol. The SMILES string of the molecule is O=C(COC(=O)c1nn(-c2ccc(F)cc2)c2c1CCCC2)NC(=O)C1CCCCC1. The fraction of sp³-hybridized carbons (Fsp3) is 0.478. The maximum atomic E-state index is 13.3. The summed E-state index contributed by atoms with van der Waals surface area (Å²) >= 11 is 0. The van der Waals surface area contributed by atoms with Gasteiger partial charge in [-0.3, -0.25) is 14.9 Å². The summed E-state index contributed by atoms with van der Waals surface area (Å²) in [5.74, 6) is -2.11. The maximum absolute atomic E-state index is 13.3. The molecule has 4 rings (SSSR count). The van der Waals surface area contributed by atoms with Crippen LogP contribution >= 0.6 is 0 Å². The average Bonchev–Trinajstić information content (AvgIpc) is 3.18. The molecule has 1 N–H and O–H groups in total. The number of carbonyl (C=O) groups excluding carboxylic acids is 3. The number of rotatable bonds is 5. The number of imide groups is 1. The van der Waals surface area contributed by atoms with Crippen molar-refractivity contribution in [3.8, 4) is 5.69 Å². The molecule has 8 heteroatoms. The van der Waals surface area contributed by atoms with E-state index in [-0.39, 0.29) is 23.3 Å². The van der Waals surface area contributed by atoms with E-state index in [0.717, 1.165) is 62.6 Å². The second kappa shape index (κ2) is 9.41. The van der Waals surface area contributed by atoms with E-state index in [1.807, 2.05) is 0 Å². The van der Waals surface area contributed by atoms with Crippen LogP contribution in [0, 0.1) is 11.7 Å². The quantitative estimate of drug-likeness (QED) is 0.740. The Hall–Kier alpha value is -3.03. The molecule has 0 atom stereocenters. The van der Waals surface area contributed by atoms with Crippen LogP contribution in [0.4, 0.5) is 4.39 Å². The molecule has 0 bridgehead atoms. The molecular formula is C23H26FN3O4. The molecule has 0 spiro atoms. The second-order valence-corrected chi connectivity index (χ2v) is 8.19. The topological polar surface area (TPSA) is 90.3 Å². The van der Waals surface area contributed by atoms with E-state index < -0.39 is 18.5 Å². The second-order valence-electron chi connectivity index (χ2n) is 8.19. The monoisotopic (exact) mass is 427 g/mol. The first-order valence-corrected chi connectivity index (χ1v) is 10.9. The van der Waals surface area contributed by atoms with Gasteiger partial charge >= 0.3 is 5.97 Å². The van der Waals surface area contributed by atoms with Gasteiger partial charge in [-0.15, -0.1) is 0 Å². The van der Waals surface area contributed by atoms with E-state index in [2.05, 4.69) is 10.4 Å². The smallest absolute Gasteiger partial charge is 0.359 e. The number of benzene rings is 1. The van der Waals surface area contributed by atoms with Gasteiger partial charge in [0.25, 0.3) is 5.91 Å². The summed E-state index contributed by atoms with van der Waals surface area (Å²) in [5.41, 5.74) is 2.54. The van der Waals surface area contributed by atoms with E-state index in [0.29, 0.717) is 12.1 Å². The highest BCUT2D eigenvalue weighted by Gasteiger charge is 2.28. The molecule has 0 aliphatic heterocycles. The van der Waals surface area contributed by atoms with Crippen molar-refractivity contribution in [1.82, 2.24) is 15.1 Å². The van der Waals surface area contributed by atoms with Gasteiger partial charge in [0.15, 0.2) is 12.3 Å². The molecule has 2 aliphatic rings. The van der Waals surface area contributed by atoms with E-state index in [1.54, 1.807) is 16.8 Å². The first-order valence-electron chi connectivity index (χ1n) is 10.9. The number of ether oxygens (including phenoxy) is 1. The Kier molecular flexibility index (Phi) is 6.44. The minimum atomic E-state index is -0.695. The summed E-state index contributed by atoms with van der Waals surface area (Å²) in [6.07, 6.45) is 8.00. The summed E-state index contributed by atoms with van der Waals surface area (Å²) in [5, 5.41) is 6.76. The highest BCUT2D eigenvalue weighted by atomic mass is 19.1. The Balaban J connectivity index is 1.43. The summed E-state index contributed by atoms with van der Waals surface area (Å²) in [6, 6.07) is 5.91. The van der Waals surface area contributed by atoms with Crippen molar-refractivity contribution in [3.05, 3.63) is 47.0 Å². The van der Waals surface area contributed by atoms with Crippen LogP contribution in [0.2, 0.25) is 0 Å². The Morgan fingerprint density at radius 3 is 2.48 bits per heavy atom. The van der Waals surface area contributed by atoms with Crippen molar-refractivity contribution >= 4 is 17.8 Å². The predicted molar refractivity (Wildman–Crippen MR) is 110 cm³/mol. The van der Waals surface area contributed by atoms with Gasteiger partial charge in [-0.2, -0.15) is 5.10 Å². The van der Waals surface area contributed by atoms with Crippen molar-refractivity contribution in [2.24, 2.45) is 5.92 Å². The van der Waals surface area contributed by atoms with Crippen molar-refractivity contribution in [2.75, 3.05) is 6.61 Å². The molecule has 0 radical (unpaired) electrons. The number of halogens is 1. The van der Waals surface area contributed by atoms with Gasteiger partial charge in [0.05, 0.1) is 5.69 Å². The van der Waals surface area contributed by atoms with Crippen LogP contribution in [0.3, 0.4) is 0 Å². The van der Waals surface area contributed by atoms with Crippen LogP contribution in [0.25, 0.3) is 5.69 Å². The number of hydrogen-bond donors (Lipinski definition) is 1. The van der Waals surface area contributed by atoms with E-state index in [4.69, 9.17) is 4.74 Å². The van der Waals surface area contributed by atoms with Crippen molar-refractivity contribution in [3.63, 3.8) is 0 Å². The largest absolute Gasteiger partial charge is 0.451 e. The standard InChI is InChI=1S/C23H26FN3O4/c24-16-10-12-17(13-11-16)27-19-9-5-4-8-18(19)21(26-27)23(30)31-14-20(28)25-22(29)15-6-2-1-3-7-15/h10-13,15H,1-9,14H2,(H,25,28,29). The van der Waals surface area contributed by atoms with Crippen LogP contribution in [0.5, 0.6) is 0 Å². The Bertz CT molecular complexity index is 977. The lowest BCUT2D eigenvalue weighted by Crippen LogP contribution is -2.39. The Morgan fingerprint density at radius 1 is 1.03 bits per heavy atom. The van der Waals surface area contributed by atoms with Gasteiger partial charge < -0.3 is 4.74 Å². The van der Waals surface area contributed by atoms with Crippen molar-refractivity contribution in [1.29, 1.82) is 0 Å². The predicted octanol–water partition coefficient (Wildman–Crippen LogP) is 3.27. The first-order chi connectivity index (χ1) is 15.0. The van der Waals surface area contributed by atoms with E-state index >= 15 is 0 Å². The van der Waals surface area contributed by atoms with E-state index in [9.17, 15) is 18.8 Å². The molecule has 2 aromatic rings. The number of nitrogens with one attached hydrogen (secondary N) is 1. The molecule has 164 valence electrons. The summed E-state index contributed by atoms with van der Waals surface area (Å²) in [6.45, 7) is -0.532. The lowest BCUT2D eigenvalue weighted by molar-refractivity contribution is -0.135. The number of aromatic nitrogens is 2. The zero-order valence-electron chi connectivity index (χ0n) is 17.4. The van der Waals surface area contributed by atoms with Gasteiger partial charge in [-0.1, -0.05) is 19.3 Å². The van der Waals surface area contributed by atoms with Gasteiger partial charge in [-0.05, 0) is 62.8 Å². The molecule has 7 nitrogen and oxygen atoms in total. The highest BCUT2D eigenvalue weighted by molar-refractivity contribution is 5.98. The summed E-state index contributed by atoms with van der Waals surface area (Å²) in [4.78, 5) is 37.0. The third-order valence-corrected chi connectivity index (χ3v) is 6.02. The summed E-state index contributed by atoms with van der Waals surface area (Å²) in [7, 11) is 0.